The molecule has 1 aromatic carbocycles. The Morgan fingerprint density at radius 2 is 1.80 bits per heavy atom. The lowest BCUT2D eigenvalue weighted by Crippen LogP contribution is -2.48. The molecule has 0 spiro atoms. The lowest BCUT2D eigenvalue weighted by molar-refractivity contribution is -0.121. The molecule has 25 heavy (non-hydrogen) atoms. The molecule has 1 atom stereocenters. The minimum Gasteiger partial charge on any atom is -0.497 e. The Kier molecular flexibility index (Phi) is 8.18. The minimum atomic E-state index is -3.62. The third-order valence-electron chi connectivity index (χ3n) is 3.49. The van der Waals surface area contributed by atoms with Crippen LogP contribution in [0.2, 0.25) is 0 Å². The zero-order valence-electron chi connectivity index (χ0n) is 15.5. The highest BCUT2D eigenvalue weighted by Crippen LogP contribution is 2.23. The molecule has 1 N–H and O–H groups in total. The third kappa shape index (κ3) is 6.91. The van der Waals surface area contributed by atoms with E-state index in [0.29, 0.717) is 31.0 Å². The lowest BCUT2D eigenvalue weighted by atomic mass is 10.2. The van der Waals surface area contributed by atoms with Gasteiger partial charge in [-0.25, -0.2) is 8.42 Å². The van der Waals surface area contributed by atoms with Gasteiger partial charge in [-0.05, 0) is 51.5 Å². The predicted molar refractivity (Wildman–Crippen MR) is 98.5 cm³/mol. The monoisotopic (exact) mass is 372 g/mol. The summed E-state index contributed by atoms with van der Waals surface area (Å²) in [6, 6.07) is 5.66. The second-order valence-corrected chi connectivity index (χ2v) is 7.86. The largest absolute Gasteiger partial charge is 0.497 e. The van der Waals surface area contributed by atoms with Crippen molar-refractivity contribution in [3.05, 3.63) is 24.3 Å². The fraction of sp³-hybridized carbons (Fsp3) is 0.588. The van der Waals surface area contributed by atoms with Gasteiger partial charge in [0.15, 0.2) is 0 Å². The summed E-state index contributed by atoms with van der Waals surface area (Å²) in [6.45, 7) is 6.42. The molecule has 0 saturated carbocycles. The number of sulfonamides is 1. The van der Waals surface area contributed by atoms with Crippen LogP contribution in [0.5, 0.6) is 5.75 Å². The van der Waals surface area contributed by atoms with Gasteiger partial charge in [0, 0.05) is 13.2 Å². The highest BCUT2D eigenvalue weighted by atomic mass is 32.2. The quantitative estimate of drug-likeness (QED) is 0.633. The number of anilines is 1. The highest BCUT2D eigenvalue weighted by Gasteiger charge is 2.28. The fourth-order valence-corrected chi connectivity index (χ4v) is 3.46. The molecule has 7 nitrogen and oxygen atoms in total. The van der Waals surface area contributed by atoms with Crippen LogP contribution in [0.15, 0.2) is 24.3 Å². The van der Waals surface area contributed by atoms with Crippen LogP contribution in [0.3, 0.4) is 0 Å². The van der Waals surface area contributed by atoms with Crippen LogP contribution in [0.4, 0.5) is 5.69 Å². The van der Waals surface area contributed by atoms with Crippen molar-refractivity contribution in [2.75, 3.05) is 30.8 Å². The highest BCUT2D eigenvalue weighted by molar-refractivity contribution is 7.92. The van der Waals surface area contributed by atoms with E-state index in [-0.39, 0.29) is 12.0 Å². The van der Waals surface area contributed by atoms with E-state index in [1.807, 2.05) is 13.8 Å². The Labute approximate surface area is 150 Å². The third-order valence-corrected chi connectivity index (χ3v) is 4.73. The summed E-state index contributed by atoms with van der Waals surface area (Å²) in [4.78, 5) is 12.3. The van der Waals surface area contributed by atoms with Gasteiger partial charge in [-0.1, -0.05) is 0 Å². The van der Waals surface area contributed by atoms with Crippen LogP contribution in [0.1, 0.15) is 27.2 Å². The topological polar surface area (TPSA) is 84.9 Å². The average Bonchev–Trinajstić information content (AvgIpc) is 2.53. The Morgan fingerprint density at radius 3 is 2.28 bits per heavy atom. The van der Waals surface area contributed by atoms with Crippen molar-refractivity contribution in [3.8, 4) is 5.75 Å². The van der Waals surface area contributed by atoms with E-state index in [0.717, 1.165) is 10.6 Å². The van der Waals surface area contributed by atoms with Crippen LogP contribution in [-0.2, 0) is 19.6 Å². The van der Waals surface area contributed by atoms with Crippen molar-refractivity contribution in [1.29, 1.82) is 0 Å². The zero-order chi connectivity index (χ0) is 19.0. The van der Waals surface area contributed by atoms with E-state index < -0.39 is 16.1 Å². The van der Waals surface area contributed by atoms with Gasteiger partial charge in [-0.2, -0.15) is 0 Å². The van der Waals surface area contributed by atoms with Crippen molar-refractivity contribution < 1.29 is 22.7 Å². The van der Waals surface area contributed by atoms with Gasteiger partial charge in [-0.15, -0.1) is 0 Å². The number of carbonyl (C=O) groups is 1. The average molecular weight is 372 g/mol. The first kappa shape index (κ1) is 21.2. The normalized spacial score (nSPS) is 12.7. The number of rotatable bonds is 10. The number of carbonyl (C=O) groups excluding carboxylic acids is 1. The Bertz CT molecular complexity index is 644. The van der Waals surface area contributed by atoms with Gasteiger partial charge in [0.1, 0.15) is 11.8 Å². The molecular formula is C17H28N2O5S. The van der Waals surface area contributed by atoms with Gasteiger partial charge in [-0.3, -0.25) is 9.10 Å². The molecule has 0 radical (unpaired) electrons. The van der Waals surface area contributed by atoms with Gasteiger partial charge in [0.05, 0.1) is 25.2 Å². The molecule has 0 saturated heterocycles. The molecule has 0 aliphatic carbocycles. The molecule has 1 rings (SSSR count). The molecule has 1 aromatic rings. The van der Waals surface area contributed by atoms with Crippen LogP contribution < -0.4 is 14.4 Å². The van der Waals surface area contributed by atoms with Crippen molar-refractivity contribution in [1.82, 2.24) is 5.32 Å². The standard InChI is InChI=1S/C17H28N2O5S/c1-13(2)24-12-6-11-18-17(20)14(3)19(25(5,21)22)15-7-9-16(23-4)10-8-15/h7-10,13-14H,6,11-12H2,1-5H3,(H,18,20)/t14-/m1/s1. The molecule has 0 unspecified atom stereocenters. The minimum absolute atomic E-state index is 0.144. The first-order valence-electron chi connectivity index (χ1n) is 8.19. The summed E-state index contributed by atoms with van der Waals surface area (Å²) in [7, 11) is -2.09. The van der Waals surface area contributed by atoms with Crippen LogP contribution in [0.25, 0.3) is 0 Å². The molecule has 0 aromatic heterocycles. The summed E-state index contributed by atoms with van der Waals surface area (Å²) in [5.41, 5.74) is 0.411. The SMILES string of the molecule is COc1ccc(N([C@H](C)C(=O)NCCCOC(C)C)S(C)(=O)=O)cc1. The number of benzene rings is 1. The molecule has 1 amide bonds. The van der Waals surface area contributed by atoms with E-state index in [1.54, 1.807) is 31.2 Å². The summed E-state index contributed by atoms with van der Waals surface area (Å²) in [6.07, 6.45) is 1.89. The van der Waals surface area contributed by atoms with Crippen molar-refractivity contribution in [3.63, 3.8) is 0 Å². The molecule has 0 fully saturated rings. The molecule has 142 valence electrons. The van der Waals surface area contributed by atoms with Crippen molar-refractivity contribution in [2.45, 2.75) is 39.3 Å². The number of nitrogens with zero attached hydrogens (tertiary/aromatic N) is 1. The number of amides is 1. The Hall–Kier alpha value is -1.80. The number of hydrogen-bond acceptors (Lipinski definition) is 5. The van der Waals surface area contributed by atoms with E-state index >= 15 is 0 Å². The van der Waals surface area contributed by atoms with Gasteiger partial charge in [0.25, 0.3) is 0 Å². The summed E-state index contributed by atoms with van der Waals surface area (Å²) in [5, 5.41) is 2.75. The maximum Gasteiger partial charge on any atom is 0.243 e. The smallest absolute Gasteiger partial charge is 0.243 e. The van der Waals surface area contributed by atoms with Crippen molar-refractivity contribution in [2.24, 2.45) is 0 Å². The Morgan fingerprint density at radius 1 is 1.20 bits per heavy atom. The first-order valence-corrected chi connectivity index (χ1v) is 10.0. The van der Waals surface area contributed by atoms with Crippen LogP contribution in [-0.4, -0.2) is 53.0 Å². The molecule has 0 aliphatic heterocycles. The maximum atomic E-state index is 12.3. The number of methoxy groups -OCH3 is 1. The van der Waals surface area contributed by atoms with E-state index in [9.17, 15) is 13.2 Å². The molecule has 8 heteroatoms. The zero-order valence-corrected chi connectivity index (χ0v) is 16.3. The molecule has 0 bridgehead atoms. The number of nitrogens with one attached hydrogen (secondary N) is 1. The second kappa shape index (κ2) is 9.62. The number of hydrogen-bond donors (Lipinski definition) is 1. The molecule has 0 aliphatic rings. The number of ether oxygens (including phenoxy) is 2. The fourth-order valence-electron chi connectivity index (χ4n) is 2.29. The van der Waals surface area contributed by atoms with Gasteiger partial charge < -0.3 is 14.8 Å². The summed E-state index contributed by atoms with van der Waals surface area (Å²) >= 11 is 0. The predicted octanol–water partition coefficient (Wildman–Crippen LogP) is 1.78. The summed E-state index contributed by atoms with van der Waals surface area (Å²) < 4.78 is 35.9. The van der Waals surface area contributed by atoms with E-state index in [4.69, 9.17) is 9.47 Å². The second-order valence-electron chi connectivity index (χ2n) is 6.00. The van der Waals surface area contributed by atoms with E-state index in [1.165, 1.54) is 7.11 Å². The van der Waals surface area contributed by atoms with Gasteiger partial charge >= 0.3 is 0 Å². The van der Waals surface area contributed by atoms with Crippen LogP contribution in [0, 0.1) is 0 Å². The maximum absolute atomic E-state index is 12.3. The van der Waals surface area contributed by atoms with Crippen molar-refractivity contribution >= 4 is 21.6 Å². The molecule has 0 heterocycles. The Balaban J connectivity index is 2.76. The van der Waals surface area contributed by atoms with Crippen LogP contribution >= 0.6 is 0 Å². The molecular weight excluding hydrogens is 344 g/mol. The lowest BCUT2D eigenvalue weighted by Gasteiger charge is -2.28. The first-order chi connectivity index (χ1) is 11.7. The van der Waals surface area contributed by atoms with Gasteiger partial charge in [0.2, 0.25) is 15.9 Å². The summed E-state index contributed by atoms with van der Waals surface area (Å²) in [5.74, 6) is 0.255. The van der Waals surface area contributed by atoms with E-state index in [2.05, 4.69) is 5.32 Å².